The molecule has 0 atom stereocenters. The lowest BCUT2D eigenvalue weighted by atomic mass is 10.1. The van der Waals surface area contributed by atoms with Crippen molar-refractivity contribution in [2.75, 3.05) is 0 Å². The highest BCUT2D eigenvalue weighted by Crippen LogP contribution is 2.32. The Morgan fingerprint density at radius 2 is 1.87 bits per heavy atom. The third-order valence-electron chi connectivity index (χ3n) is 3.47. The highest BCUT2D eigenvalue weighted by Gasteiger charge is 2.24. The largest absolute Gasteiger partial charge is 0.300 e. The second-order valence-corrected chi connectivity index (χ2v) is 8.11. The Hall–Kier alpha value is -1.37. The van der Waals surface area contributed by atoms with Crippen LogP contribution >= 0.6 is 39.0 Å². The minimum Gasteiger partial charge on any atom is -0.300 e. The van der Waals surface area contributed by atoms with Crippen LogP contribution < -0.4 is 5.32 Å². The van der Waals surface area contributed by atoms with Crippen LogP contribution in [0.3, 0.4) is 0 Å². The van der Waals surface area contributed by atoms with E-state index >= 15 is 0 Å². The molecular formula is C17H15BrN2OS2. The number of benzene rings is 1. The molecular weight excluding hydrogens is 392 g/mol. The van der Waals surface area contributed by atoms with Crippen molar-refractivity contribution in [3.63, 3.8) is 0 Å². The van der Waals surface area contributed by atoms with E-state index in [1.165, 1.54) is 17.3 Å². The van der Waals surface area contributed by atoms with E-state index in [4.69, 9.17) is 0 Å². The number of rotatable bonds is 2. The molecule has 0 unspecified atom stereocenters. The third kappa shape index (κ3) is 3.59. The number of amidine groups is 1. The quantitative estimate of drug-likeness (QED) is 0.684. The topological polar surface area (TPSA) is 41.5 Å². The predicted octanol–water partition coefficient (Wildman–Crippen LogP) is 5.33. The average molecular weight is 407 g/mol. The van der Waals surface area contributed by atoms with Gasteiger partial charge in [-0.3, -0.25) is 4.79 Å². The van der Waals surface area contributed by atoms with Crippen LogP contribution in [0.25, 0.3) is 6.08 Å². The molecule has 3 rings (SSSR count). The van der Waals surface area contributed by atoms with Gasteiger partial charge in [-0.15, -0.1) is 11.3 Å². The van der Waals surface area contributed by atoms with Gasteiger partial charge in [0.1, 0.15) is 0 Å². The van der Waals surface area contributed by atoms with Crippen LogP contribution in [0.15, 0.2) is 37.9 Å². The molecule has 1 aliphatic rings. The van der Waals surface area contributed by atoms with Crippen molar-refractivity contribution in [3.8, 4) is 0 Å². The van der Waals surface area contributed by atoms with Crippen molar-refractivity contribution in [1.29, 1.82) is 0 Å². The molecule has 0 bridgehead atoms. The molecule has 0 spiro atoms. The minimum atomic E-state index is -0.0906. The Kier molecular flexibility index (Phi) is 4.75. The first kappa shape index (κ1) is 16.5. The first-order valence-electron chi connectivity index (χ1n) is 7.04. The van der Waals surface area contributed by atoms with Crippen LogP contribution in [0, 0.1) is 20.8 Å². The second-order valence-electron chi connectivity index (χ2n) is 5.34. The van der Waals surface area contributed by atoms with Crippen molar-refractivity contribution in [3.05, 3.63) is 54.5 Å². The molecule has 1 aliphatic heterocycles. The SMILES string of the molecule is Cc1ccsc1/C=C1\SC(=Nc2cc(C)c(Br)c(C)c2)NC1=O. The summed E-state index contributed by atoms with van der Waals surface area (Å²) in [5, 5.41) is 5.49. The fourth-order valence-corrected chi connectivity index (χ4v) is 4.22. The van der Waals surface area contributed by atoms with Crippen molar-refractivity contribution in [2.24, 2.45) is 4.99 Å². The summed E-state index contributed by atoms with van der Waals surface area (Å²) in [7, 11) is 0. The molecule has 1 fully saturated rings. The van der Waals surface area contributed by atoms with E-state index in [1.54, 1.807) is 11.3 Å². The number of thioether (sulfide) groups is 1. The standard InChI is InChI=1S/C17H15BrN2OS2/c1-9-4-5-22-13(9)8-14-16(21)20-17(23-14)19-12-6-10(2)15(18)11(3)7-12/h4-8H,1-3H3,(H,19,20,21)/b14-8-. The van der Waals surface area contributed by atoms with Crippen molar-refractivity contribution >= 4 is 61.9 Å². The molecule has 6 heteroatoms. The summed E-state index contributed by atoms with van der Waals surface area (Å²) in [6, 6.07) is 6.06. The summed E-state index contributed by atoms with van der Waals surface area (Å²) in [5.74, 6) is -0.0906. The molecule has 1 aromatic heterocycles. The Morgan fingerprint density at radius 3 is 2.48 bits per heavy atom. The van der Waals surface area contributed by atoms with Gasteiger partial charge >= 0.3 is 0 Å². The Balaban J connectivity index is 1.88. The lowest BCUT2D eigenvalue weighted by Crippen LogP contribution is -2.19. The van der Waals surface area contributed by atoms with E-state index in [0.29, 0.717) is 10.1 Å². The minimum absolute atomic E-state index is 0.0906. The second kappa shape index (κ2) is 6.63. The number of halogens is 1. The van der Waals surface area contributed by atoms with Gasteiger partial charge in [-0.2, -0.15) is 0 Å². The number of aliphatic imine (C=N–C) groups is 1. The number of hydrogen-bond donors (Lipinski definition) is 1. The van der Waals surface area contributed by atoms with E-state index in [0.717, 1.165) is 26.2 Å². The number of hydrogen-bond acceptors (Lipinski definition) is 4. The van der Waals surface area contributed by atoms with E-state index in [2.05, 4.69) is 32.3 Å². The summed E-state index contributed by atoms with van der Waals surface area (Å²) in [5.41, 5.74) is 4.28. The number of aryl methyl sites for hydroxylation is 3. The zero-order chi connectivity index (χ0) is 16.6. The molecule has 1 saturated heterocycles. The molecule has 1 N–H and O–H groups in total. The number of amides is 1. The Bertz CT molecular complexity index is 829. The molecule has 1 amide bonds. The van der Waals surface area contributed by atoms with E-state index in [-0.39, 0.29) is 5.91 Å². The normalized spacial score (nSPS) is 18.0. The maximum Gasteiger partial charge on any atom is 0.264 e. The van der Waals surface area contributed by atoms with Gasteiger partial charge in [0.05, 0.1) is 10.6 Å². The van der Waals surface area contributed by atoms with Crippen molar-refractivity contribution in [2.45, 2.75) is 20.8 Å². The molecule has 23 heavy (non-hydrogen) atoms. The molecule has 118 valence electrons. The first-order chi connectivity index (χ1) is 10.9. The predicted molar refractivity (Wildman–Crippen MR) is 103 cm³/mol. The zero-order valence-corrected chi connectivity index (χ0v) is 16.2. The third-order valence-corrected chi connectivity index (χ3v) is 6.59. The first-order valence-corrected chi connectivity index (χ1v) is 9.53. The zero-order valence-electron chi connectivity index (χ0n) is 12.9. The van der Waals surface area contributed by atoms with Gasteiger partial charge < -0.3 is 5.32 Å². The molecule has 3 nitrogen and oxygen atoms in total. The number of nitrogens with one attached hydrogen (secondary N) is 1. The fraction of sp³-hybridized carbons (Fsp3) is 0.176. The van der Waals surface area contributed by atoms with Crippen molar-refractivity contribution in [1.82, 2.24) is 5.32 Å². The molecule has 2 aromatic rings. The van der Waals surface area contributed by atoms with Crippen LogP contribution in [0.1, 0.15) is 21.6 Å². The van der Waals surface area contributed by atoms with Crippen molar-refractivity contribution < 1.29 is 4.79 Å². The van der Waals surface area contributed by atoms with Gasteiger partial charge in [0.2, 0.25) is 0 Å². The summed E-state index contributed by atoms with van der Waals surface area (Å²) < 4.78 is 1.10. The van der Waals surface area contributed by atoms with Gasteiger partial charge in [-0.25, -0.2) is 4.99 Å². The van der Waals surface area contributed by atoms with Crippen LogP contribution in [0.4, 0.5) is 5.69 Å². The molecule has 0 saturated carbocycles. The summed E-state index contributed by atoms with van der Waals surface area (Å²) in [6.45, 7) is 6.11. The Labute approximate surface area is 152 Å². The number of thiophene rings is 1. The van der Waals surface area contributed by atoms with Crippen LogP contribution in [0.2, 0.25) is 0 Å². The lowest BCUT2D eigenvalue weighted by Gasteiger charge is -2.04. The smallest absolute Gasteiger partial charge is 0.264 e. The number of carbonyl (C=O) groups is 1. The van der Waals surface area contributed by atoms with Gasteiger partial charge in [-0.1, -0.05) is 15.9 Å². The fourth-order valence-electron chi connectivity index (χ4n) is 2.24. The van der Waals surface area contributed by atoms with Gasteiger partial charge in [0.25, 0.3) is 5.91 Å². The summed E-state index contributed by atoms with van der Waals surface area (Å²) >= 11 is 6.57. The van der Waals surface area contributed by atoms with E-state index in [9.17, 15) is 4.79 Å². The van der Waals surface area contributed by atoms with Gasteiger partial charge in [-0.05, 0) is 78.9 Å². The molecule has 2 heterocycles. The molecule has 0 radical (unpaired) electrons. The maximum absolute atomic E-state index is 12.1. The lowest BCUT2D eigenvalue weighted by molar-refractivity contribution is -0.115. The maximum atomic E-state index is 12.1. The summed E-state index contributed by atoms with van der Waals surface area (Å²) in [4.78, 5) is 18.5. The summed E-state index contributed by atoms with van der Waals surface area (Å²) in [6.07, 6.45) is 1.93. The van der Waals surface area contributed by atoms with E-state index in [1.807, 2.05) is 44.4 Å². The molecule has 1 aromatic carbocycles. The van der Waals surface area contributed by atoms with Crippen LogP contribution in [-0.2, 0) is 4.79 Å². The number of nitrogens with zero attached hydrogens (tertiary/aromatic N) is 1. The molecule has 0 aliphatic carbocycles. The average Bonchev–Trinajstić information content (AvgIpc) is 3.03. The highest BCUT2D eigenvalue weighted by molar-refractivity contribution is 9.10. The monoisotopic (exact) mass is 406 g/mol. The highest BCUT2D eigenvalue weighted by atomic mass is 79.9. The number of carbonyl (C=O) groups excluding carboxylic acids is 1. The van der Waals surface area contributed by atoms with E-state index < -0.39 is 0 Å². The van der Waals surface area contributed by atoms with Gasteiger partial charge in [0, 0.05) is 9.35 Å². The van der Waals surface area contributed by atoms with Crippen LogP contribution in [-0.4, -0.2) is 11.1 Å². The van der Waals surface area contributed by atoms with Gasteiger partial charge in [0.15, 0.2) is 5.17 Å². The van der Waals surface area contributed by atoms with Crippen LogP contribution in [0.5, 0.6) is 0 Å². The Morgan fingerprint density at radius 1 is 1.17 bits per heavy atom.